The average molecular weight is 264 g/mol. The number of hydrogen-bond acceptors (Lipinski definition) is 3. The van der Waals surface area contributed by atoms with Crippen LogP contribution in [0, 0.1) is 0 Å². The molecule has 3 heteroatoms. The highest BCUT2D eigenvalue weighted by Crippen LogP contribution is 2.23. The predicted octanol–water partition coefficient (Wildman–Crippen LogP) is 2.91. The monoisotopic (exact) mass is 264 g/mol. The van der Waals surface area contributed by atoms with Crippen molar-refractivity contribution < 1.29 is 4.74 Å². The van der Waals surface area contributed by atoms with E-state index in [0.29, 0.717) is 5.92 Å². The molecular weight excluding hydrogens is 236 g/mol. The number of hydrogen-bond donors (Lipinski definition) is 2. The molecule has 0 aromatic heterocycles. The predicted molar refractivity (Wildman–Crippen MR) is 82.0 cm³/mol. The lowest BCUT2D eigenvalue weighted by Crippen LogP contribution is -2.17. The Hall–Kier alpha value is -1.06. The van der Waals surface area contributed by atoms with Crippen LogP contribution in [0.25, 0.3) is 0 Å². The molecule has 0 aliphatic rings. The maximum atomic E-state index is 5.43. The third-order valence-electron chi connectivity index (χ3n) is 3.32. The van der Waals surface area contributed by atoms with E-state index in [1.54, 1.807) is 7.11 Å². The molecule has 2 N–H and O–H groups in total. The number of unbranched alkanes of at least 4 members (excludes halogenated alkanes) is 1. The van der Waals surface area contributed by atoms with Gasteiger partial charge >= 0.3 is 0 Å². The van der Waals surface area contributed by atoms with E-state index in [2.05, 4.69) is 42.7 Å². The van der Waals surface area contributed by atoms with Crippen molar-refractivity contribution in [3.8, 4) is 5.75 Å². The van der Waals surface area contributed by atoms with Crippen LogP contribution >= 0.6 is 0 Å². The molecule has 0 spiro atoms. The molecule has 3 nitrogen and oxygen atoms in total. The first-order chi connectivity index (χ1) is 9.19. The van der Waals surface area contributed by atoms with E-state index < -0.39 is 0 Å². The Morgan fingerprint density at radius 1 is 1.16 bits per heavy atom. The third kappa shape index (κ3) is 5.62. The van der Waals surface area contributed by atoms with Crippen molar-refractivity contribution in [1.29, 1.82) is 0 Å². The lowest BCUT2D eigenvalue weighted by molar-refractivity contribution is 0.407. The van der Waals surface area contributed by atoms with E-state index in [4.69, 9.17) is 4.74 Å². The van der Waals surface area contributed by atoms with Gasteiger partial charge in [0.2, 0.25) is 0 Å². The van der Waals surface area contributed by atoms with Crippen molar-refractivity contribution in [3.63, 3.8) is 0 Å². The Morgan fingerprint density at radius 3 is 2.53 bits per heavy atom. The van der Waals surface area contributed by atoms with Crippen LogP contribution in [-0.2, 0) is 6.54 Å². The average Bonchev–Trinajstić information content (AvgIpc) is 2.42. The molecule has 0 aliphatic carbocycles. The molecule has 0 heterocycles. The normalized spacial score (nSPS) is 11.0. The molecule has 0 saturated heterocycles. The van der Waals surface area contributed by atoms with Crippen LogP contribution in [0.4, 0.5) is 0 Å². The second-order valence-corrected chi connectivity index (χ2v) is 5.21. The second-order valence-electron chi connectivity index (χ2n) is 5.21. The van der Waals surface area contributed by atoms with E-state index in [9.17, 15) is 0 Å². The van der Waals surface area contributed by atoms with Gasteiger partial charge in [0, 0.05) is 12.1 Å². The van der Waals surface area contributed by atoms with Gasteiger partial charge in [-0.2, -0.15) is 0 Å². The number of rotatable bonds is 9. The number of nitrogens with one attached hydrogen (secondary N) is 2. The van der Waals surface area contributed by atoms with Crippen molar-refractivity contribution in [1.82, 2.24) is 10.6 Å². The SMILES string of the molecule is CNCCCCNCc1cc(C(C)C)ccc1OC. The van der Waals surface area contributed by atoms with Crippen LogP contribution in [0.2, 0.25) is 0 Å². The van der Waals surface area contributed by atoms with Gasteiger partial charge in [-0.15, -0.1) is 0 Å². The van der Waals surface area contributed by atoms with E-state index >= 15 is 0 Å². The summed E-state index contributed by atoms with van der Waals surface area (Å²) in [6, 6.07) is 6.48. The molecule has 0 unspecified atom stereocenters. The van der Waals surface area contributed by atoms with Gasteiger partial charge in [0.25, 0.3) is 0 Å². The van der Waals surface area contributed by atoms with E-state index in [1.807, 2.05) is 7.05 Å². The molecule has 0 atom stereocenters. The number of benzene rings is 1. The molecule has 108 valence electrons. The van der Waals surface area contributed by atoms with E-state index in [0.717, 1.165) is 25.4 Å². The van der Waals surface area contributed by atoms with Crippen molar-refractivity contribution >= 4 is 0 Å². The summed E-state index contributed by atoms with van der Waals surface area (Å²) in [5, 5.41) is 6.66. The molecule has 0 fully saturated rings. The zero-order valence-electron chi connectivity index (χ0n) is 12.8. The maximum absolute atomic E-state index is 5.43. The summed E-state index contributed by atoms with van der Waals surface area (Å²) >= 11 is 0. The van der Waals surface area contributed by atoms with Crippen molar-refractivity contribution in [2.75, 3.05) is 27.2 Å². The largest absolute Gasteiger partial charge is 0.496 e. The molecule has 0 bridgehead atoms. The molecule has 19 heavy (non-hydrogen) atoms. The quantitative estimate of drug-likeness (QED) is 0.673. The molecule has 0 radical (unpaired) electrons. The smallest absolute Gasteiger partial charge is 0.123 e. The summed E-state index contributed by atoms with van der Waals surface area (Å²) in [5.74, 6) is 1.53. The van der Waals surface area contributed by atoms with Crippen LogP contribution in [0.5, 0.6) is 5.75 Å². The first kappa shape index (κ1) is 16.0. The fourth-order valence-corrected chi connectivity index (χ4v) is 2.07. The topological polar surface area (TPSA) is 33.3 Å². The van der Waals surface area contributed by atoms with Crippen LogP contribution in [-0.4, -0.2) is 27.2 Å². The van der Waals surface area contributed by atoms with E-state index in [1.165, 1.54) is 24.0 Å². The maximum Gasteiger partial charge on any atom is 0.123 e. The zero-order chi connectivity index (χ0) is 14.1. The van der Waals surface area contributed by atoms with Crippen LogP contribution in [0.3, 0.4) is 0 Å². The van der Waals surface area contributed by atoms with Gasteiger partial charge in [0.05, 0.1) is 7.11 Å². The minimum atomic E-state index is 0.556. The van der Waals surface area contributed by atoms with Gasteiger partial charge in [-0.25, -0.2) is 0 Å². The number of ether oxygens (including phenoxy) is 1. The highest BCUT2D eigenvalue weighted by atomic mass is 16.5. The van der Waals surface area contributed by atoms with Crippen LogP contribution in [0.15, 0.2) is 18.2 Å². The lowest BCUT2D eigenvalue weighted by atomic mass is 10.00. The third-order valence-corrected chi connectivity index (χ3v) is 3.32. The Bertz CT molecular complexity index is 364. The molecule has 0 amide bonds. The van der Waals surface area contributed by atoms with Gasteiger partial charge in [0.15, 0.2) is 0 Å². The summed E-state index contributed by atoms with van der Waals surface area (Å²) in [7, 11) is 3.73. The second kappa shape index (κ2) is 8.94. The summed E-state index contributed by atoms with van der Waals surface area (Å²) < 4.78 is 5.43. The highest BCUT2D eigenvalue weighted by molar-refractivity contribution is 5.38. The van der Waals surface area contributed by atoms with E-state index in [-0.39, 0.29) is 0 Å². The molecule has 0 saturated carbocycles. The minimum absolute atomic E-state index is 0.556. The minimum Gasteiger partial charge on any atom is -0.496 e. The molecule has 1 aromatic carbocycles. The van der Waals surface area contributed by atoms with Gasteiger partial charge in [-0.05, 0) is 50.5 Å². The Morgan fingerprint density at radius 2 is 1.89 bits per heavy atom. The van der Waals surface area contributed by atoms with Crippen LogP contribution < -0.4 is 15.4 Å². The van der Waals surface area contributed by atoms with Crippen LogP contribution in [0.1, 0.15) is 43.7 Å². The lowest BCUT2D eigenvalue weighted by Gasteiger charge is -2.13. The first-order valence-corrected chi connectivity index (χ1v) is 7.21. The van der Waals surface area contributed by atoms with Gasteiger partial charge in [-0.1, -0.05) is 26.0 Å². The Labute approximate surface area is 117 Å². The zero-order valence-corrected chi connectivity index (χ0v) is 12.8. The Balaban J connectivity index is 2.48. The first-order valence-electron chi connectivity index (χ1n) is 7.21. The fraction of sp³-hybridized carbons (Fsp3) is 0.625. The van der Waals surface area contributed by atoms with Crippen molar-refractivity contribution in [2.45, 2.75) is 39.2 Å². The van der Waals surface area contributed by atoms with Gasteiger partial charge in [-0.3, -0.25) is 0 Å². The van der Waals surface area contributed by atoms with Crippen molar-refractivity contribution in [2.24, 2.45) is 0 Å². The molecule has 0 aliphatic heterocycles. The molecular formula is C16H28N2O. The molecule has 1 aromatic rings. The highest BCUT2D eigenvalue weighted by Gasteiger charge is 2.06. The molecule has 1 rings (SSSR count). The Kier molecular flexibility index (Phi) is 7.53. The summed E-state index contributed by atoms with van der Waals surface area (Å²) in [6.45, 7) is 7.46. The van der Waals surface area contributed by atoms with Crippen molar-refractivity contribution in [3.05, 3.63) is 29.3 Å². The summed E-state index contributed by atoms with van der Waals surface area (Å²) in [5.41, 5.74) is 2.62. The number of methoxy groups -OCH3 is 1. The standard InChI is InChI=1S/C16H28N2O/c1-13(2)14-7-8-16(19-4)15(11-14)12-18-10-6-5-9-17-3/h7-8,11,13,17-18H,5-6,9-10,12H2,1-4H3. The summed E-state index contributed by atoms with van der Waals surface area (Å²) in [4.78, 5) is 0. The fourth-order valence-electron chi connectivity index (χ4n) is 2.07. The van der Waals surface area contributed by atoms with Gasteiger partial charge in [0.1, 0.15) is 5.75 Å². The summed E-state index contributed by atoms with van der Waals surface area (Å²) in [6.07, 6.45) is 2.42. The van der Waals surface area contributed by atoms with Gasteiger partial charge < -0.3 is 15.4 Å².